The zero-order valence-corrected chi connectivity index (χ0v) is 13.3. The molecule has 20 heavy (non-hydrogen) atoms. The van der Waals surface area contributed by atoms with E-state index in [1.165, 1.54) is 44.9 Å². The zero-order valence-electron chi connectivity index (χ0n) is 12.6. The van der Waals surface area contributed by atoms with E-state index in [0.717, 1.165) is 17.1 Å². The van der Waals surface area contributed by atoms with Gasteiger partial charge in [-0.2, -0.15) is 0 Å². The molecule has 2 nitrogen and oxygen atoms in total. The molecule has 0 aliphatic heterocycles. The predicted molar refractivity (Wildman–Crippen MR) is 88.6 cm³/mol. The van der Waals surface area contributed by atoms with Crippen molar-refractivity contribution in [2.24, 2.45) is 0 Å². The normalized spacial score (nSPS) is 12.3. The lowest BCUT2D eigenvalue weighted by Crippen LogP contribution is -2.23. The van der Waals surface area contributed by atoms with Crippen LogP contribution in [0.15, 0.2) is 24.3 Å². The molecule has 0 spiro atoms. The molecule has 3 heteroatoms. The van der Waals surface area contributed by atoms with Gasteiger partial charge in [0.1, 0.15) is 0 Å². The van der Waals surface area contributed by atoms with Crippen LogP contribution in [0.2, 0.25) is 5.02 Å². The maximum Gasteiger partial charge on any atom is 0.0632 e. The number of benzene rings is 1. The van der Waals surface area contributed by atoms with Gasteiger partial charge in [-0.1, -0.05) is 69.5 Å². The number of nitrogens with one attached hydrogen (secondary N) is 1. The van der Waals surface area contributed by atoms with Crippen LogP contribution in [0, 0.1) is 0 Å². The molecule has 2 N–H and O–H groups in total. The van der Waals surface area contributed by atoms with Gasteiger partial charge in [0.15, 0.2) is 0 Å². The Bertz CT molecular complexity index is 357. The first-order chi connectivity index (χ1) is 9.76. The predicted octanol–water partition coefficient (Wildman–Crippen LogP) is 5.25. The van der Waals surface area contributed by atoms with E-state index < -0.39 is 0 Å². The van der Waals surface area contributed by atoms with Crippen LogP contribution in [0.1, 0.15) is 58.3 Å². The minimum Gasteiger partial charge on any atom is -0.394 e. The van der Waals surface area contributed by atoms with E-state index in [2.05, 4.69) is 12.2 Å². The first-order valence-corrected chi connectivity index (χ1v) is 8.27. The first kappa shape index (κ1) is 17.3. The average Bonchev–Trinajstić information content (AvgIpc) is 2.45. The third kappa shape index (κ3) is 7.76. The summed E-state index contributed by atoms with van der Waals surface area (Å²) in [4.78, 5) is 0. The van der Waals surface area contributed by atoms with Crippen LogP contribution in [0.3, 0.4) is 0 Å². The molecule has 0 aliphatic carbocycles. The minimum atomic E-state index is 0.129. The van der Waals surface area contributed by atoms with E-state index in [4.69, 9.17) is 11.6 Å². The highest BCUT2D eigenvalue weighted by Gasteiger charge is 2.07. The van der Waals surface area contributed by atoms with Crippen LogP contribution in [-0.2, 0) is 0 Å². The summed E-state index contributed by atoms with van der Waals surface area (Å²) in [5.74, 6) is 0. The standard InChI is InChI=1S/C17H28ClNO/c1-2-3-4-5-6-7-8-11-17(14-20)19-16-12-9-10-15(18)13-16/h9-10,12-13,17,19-20H,2-8,11,14H2,1H3. The molecule has 0 heterocycles. The third-order valence-electron chi connectivity index (χ3n) is 3.57. The van der Waals surface area contributed by atoms with Gasteiger partial charge < -0.3 is 10.4 Å². The van der Waals surface area contributed by atoms with Crippen molar-refractivity contribution in [1.82, 2.24) is 0 Å². The smallest absolute Gasteiger partial charge is 0.0632 e. The van der Waals surface area contributed by atoms with Crippen molar-refractivity contribution in [3.8, 4) is 0 Å². The van der Waals surface area contributed by atoms with Crippen LogP contribution >= 0.6 is 11.6 Å². The Hall–Kier alpha value is -0.730. The summed E-state index contributed by atoms with van der Waals surface area (Å²) in [5, 5.41) is 13.5. The number of aliphatic hydroxyl groups is 1. The number of rotatable bonds is 11. The van der Waals surface area contributed by atoms with E-state index in [-0.39, 0.29) is 12.6 Å². The Balaban J connectivity index is 2.16. The molecule has 114 valence electrons. The number of anilines is 1. The van der Waals surface area contributed by atoms with Crippen LogP contribution in [0.5, 0.6) is 0 Å². The van der Waals surface area contributed by atoms with Crippen LogP contribution in [0.4, 0.5) is 5.69 Å². The summed E-state index contributed by atoms with van der Waals surface area (Å²) < 4.78 is 0. The molecular formula is C17H28ClNO. The second kappa shape index (κ2) is 11.0. The molecule has 0 bridgehead atoms. The molecule has 0 saturated heterocycles. The van der Waals surface area contributed by atoms with E-state index >= 15 is 0 Å². The second-order valence-corrected chi connectivity index (χ2v) is 5.88. The molecule has 1 atom stereocenters. The van der Waals surface area contributed by atoms with Gasteiger partial charge in [-0.15, -0.1) is 0 Å². The monoisotopic (exact) mass is 297 g/mol. The number of hydrogen-bond donors (Lipinski definition) is 2. The van der Waals surface area contributed by atoms with Gasteiger partial charge in [-0.25, -0.2) is 0 Å². The molecule has 1 aromatic rings. The average molecular weight is 298 g/mol. The first-order valence-electron chi connectivity index (χ1n) is 7.89. The number of unbranched alkanes of at least 4 members (excludes halogenated alkanes) is 6. The van der Waals surface area contributed by atoms with Gasteiger partial charge >= 0.3 is 0 Å². The zero-order chi connectivity index (χ0) is 14.6. The number of aliphatic hydroxyl groups excluding tert-OH is 1. The molecule has 0 aromatic heterocycles. The number of halogens is 1. The SMILES string of the molecule is CCCCCCCCCC(CO)Nc1cccc(Cl)c1. The maximum atomic E-state index is 9.43. The van der Waals surface area contributed by atoms with Crippen LogP contribution < -0.4 is 5.32 Å². The van der Waals surface area contributed by atoms with Crippen molar-refractivity contribution < 1.29 is 5.11 Å². The van der Waals surface area contributed by atoms with E-state index in [1.807, 2.05) is 24.3 Å². The molecule has 0 radical (unpaired) electrons. The highest BCUT2D eigenvalue weighted by atomic mass is 35.5. The quantitative estimate of drug-likeness (QED) is 0.546. The summed E-state index contributed by atoms with van der Waals surface area (Å²) >= 11 is 5.96. The molecular weight excluding hydrogens is 270 g/mol. The van der Waals surface area contributed by atoms with Gasteiger partial charge in [-0.3, -0.25) is 0 Å². The molecule has 0 saturated carbocycles. The second-order valence-electron chi connectivity index (χ2n) is 5.44. The fraction of sp³-hybridized carbons (Fsp3) is 0.647. The maximum absolute atomic E-state index is 9.43. The minimum absolute atomic E-state index is 0.129. The molecule has 0 aliphatic rings. The van der Waals surface area contributed by atoms with Crippen molar-refractivity contribution in [1.29, 1.82) is 0 Å². The van der Waals surface area contributed by atoms with Gasteiger partial charge in [0.2, 0.25) is 0 Å². The molecule has 0 fully saturated rings. The summed E-state index contributed by atoms with van der Waals surface area (Å²) in [6.45, 7) is 2.41. The highest BCUT2D eigenvalue weighted by molar-refractivity contribution is 6.30. The largest absolute Gasteiger partial charge is 0.394 e. The Morgan fingerprint density at radius 3 is 2.45 bits per heavy atom. The molecule has 1 unspecified atom stereocenters. The van der Waals surface area contributed by atoms with E-state index in [0.29, 0.717) is 0 Å². The van der Waals surface area contributed by atoms with Crippen molar-refractivity contribution in [3.63, 3.8) is 0 Å². The lowest BCUT2D eigenvalue weighted by molar-refractivity contribution is 0.266. The Labute approximate surface area is 128 Å². The Kier molecular flexibility index (Phi) is 9.52. The number of hydrogen-bond acceptors (Lipinski definition) is 2. The Morgan fingerprint density at radius 2 is 1.80 bits per heavy atom. The molecule has 0 amide bonds. The lowest BCUT2D eigenvalue weighted by atomic mass is 10.1. The van der Waals surface area contributed by atoms with E-state index in [1.54, 1.807) is 0 Å². The summed E-state index contributed by atoms with van der Waals surface area (Å²) in [6, 6.07) is 7.79. The molecule has 1 rings (SSSR count). The molecule has 1 aromatic carbocycles. The van der Waals surface area contributed by atoms with Crippen LogP contribution in [-0.4, -0.2) is 17.8 Å². The highest BCUT2D eigenvalue weighted by Crippen LogP contribution is 2.17. The van der Waals surface area contributed by atoms with E-state index in [9.17, 15) is 5.11 Å². The van der Waals surface area contributed by atoms with Gasteiger partial charge in [0.25, 0.3) is 0 Å². The summed E-state index contributed by atoms with van der Waals surface area (Å²) in [7, 11) is 0. The summed E-state index contributed by atoms with van der Waals surface area (Å²) in [6.07, 6.45) is 10.1. The summed E-state index contributed by atoms with van der Waals surface area (Å²) in [5.41, 5.74) is 0.986. The topological polar surface area (TPSA) is 32.3 Å². The lowest BCUT2D eigenvalue weighted by Gasteiger charge is -2.17. The third-order valence-corrected chi connectivity index (χ3v) is 3.81. The van der Waals surface area contributed by atoms with Gasteiger partial charge in [-0.05, 0) is 24.6 Å². The van der Waals surface area contributed by atoms with Crippen LogP contribution in [0.25, 0.3) is 0 Å². The fourth-order valence-electron chi connectivity index (χ4n) is 2.37. The van der Waals surface area contributed by atoms with Crippen molar-refractivity contribution >= 4 is 17.3 Å². The Morgan fingerprint density at radius 1 is 1.10 bits per heavy atom. The van der Waals surface area contributed by atoms with Crippen molar-refractivity contribution in [3.05, 3.63) is 29.3 Å². The van der Waals surface area contributed by atoms with Crippen molar-refractivity contribution in [2.45, 2.75) is 64.3 Å². The van der Waals surface area contributed by atoms with Crippen molar-refractivity contribution in [2.75, 3.05) is 11.9 Å². The fourth-order valence-corrected chi connectivity index (χ4v) is 2.56. The van der Waals surface area contributed by atoms with Gasteiger partial charge in [0, 0.05) is 16.8 Å². The van der Waals surface area contributed by atoms with Gasteiger partial charge in [0.05, 0.1) is 6.61 Å².